The van der Waals surface area contributed by atoms with E-state index >= 15 is 0 Å². The molecule has 0 radical (unpaired) electrons. The Labute approximate surface area is 156 Å². The van der Waals surface area contributed by atoms with E-state index in [4.69, 9.17) is 9.47 Å². The molecule has 0 N–H and O–H groups in total. The molecule has 0 atom stereocenters. The van der Waals surface area contributed by atoms with Crippen molar-refractivity contribution >= 4 is 22.6 Å². The van der Waals surface area contributed by atoms with Crippen molar-refractivity contribution in [3.63, 3.8) is 0 Å². The lowest BCUT2D eigenvalue weighted by Gasteiger charge is -2.40. The normalized spacial score (nSPS) is 17.0. The number of pyridine rings is 1. The van der Waals surface area contributed by atoms with Gasteiger partial charge in [0.1, 0.15) is 16.5 Å². The number of carbonyl (C=O) groups excluding carboxylic acids is 1. The number of nitrogens with zero attached hydrogens (tertiary/aromatic N) is 2. The van der Waals surface area contributed by atoms with Gasteiger partial charge in [-0.15, -0.1) is 0 Å². The summed E-state index contributed by atoms with van der Waals surface area (Å²) >= 11 is 0. The van der Waals surface area contributed by atoms with Crippen LogP contribution in [-0.2, 0) is 11.3 Å². The molecule has 10 heteroatoms. The van der Waals surface area contributed by atoms with Crippen molar-refractivity contribution < 1.29 is 28.0 Å². The van der Waals surface area contributed by atoms with Gasteiger partial charge in [0, 0.05) is 18.2 Å². The van der Waals surface area contributed by atoms with Gasteiger partial charge < -0.3 is 14.0 Å². The summed E-state index contributed by atoms with van der Waals surface area (Å²) in [6.45, 7) is 1.86. The highest BCUT2D eigenvalue weighted by molar-refractivity contribution is 5.99. The van der Waals surface area contributed by atoms with Crippen LogP contribution >= 0.6 is 0 Å². The minimum Gasteiger partial charge on any atom is -0.488 e. The molecule has 1 fully saturated rings. The first-order chi connectivity index (χ1) is 13.3. The first-order valence-corrected chi connectivity index (χ1v) is 8.82. The highest BCUT2D eigenvalue weighted by Crippen LogP contribution is 2.47. The summed E-state index contributed by atoms with van der Waals surface area (Å²) in [5.41, 5.74) is -3.46. The van der Waals surface area contributed by atoms with E-state index in [2.05, 4.69) is 0 Å². The third-order valence-corrected chi connectivity index (χ3v) is 5.45. The van der Waals surface area contributed by atoms with Crippen LogP contribution in [0.3, 0.4) is 0 Å². The van der Waals surface area contributed by atoms with Crippen LogP contribution in [0, 0.1) is 27.2 Å². The molecule has 1 spiro atoms. The van der Waals surface area contributed by atoms with Crippen LogP contribution in [0.15, 0.2) is 11.0 Å². The second-order valence-corrected chi connectivity index (χ2v) is 7.15. The Hall–Kier alpha value is -3.04. The van der Waals surface area contributed by atoms with Crippen molar-refractivity contribution in [2.45, 2.75) is 32.7 Å². The fourth-order valence-corrected chi connectivity index (χ4v) is 3.94. The SMILES string of the molecule is CCOC(=O)c1cn2c3c(c(F)c(F)c([N+](=O)[O-])c3c1=O)OCC1(CCC1)C2. The molecule has 4 rings (SSSR count). The van der Waals surface area contributed by atoms with Gasteiger partial charge in [0.05, 0.1) is 18.1 Å². The molecule has 1 aromatic heterocycles. The predicted octanol–water partition coefficient (Wildman–Crippen LogP) is 2.93. The van der Waals surface area contributed by atoms with E-state index in [1.807, 2.05) is 0 Å². The van der Waals surface area contributed by atoms with Gasteiger partial charge in [0.25, 0.3) is 0 Å². The lowest BCUT2D eigenvalue weighted by atomic mass is 9.69. The quantitative estimate of drug-likeness (QED) is 0.451. The smallest absolute Gasteiger partial charge is 0.343 e. The zero-order valence-electron chi connectivity index (χ0n) is 14.9. The minimum absolute atomic E-state index is 0.0194. The summed E-state index contributed by atoms with van der Waals surface area (Å²) < 4.78 is 40.9. The van der Waals surface area contributed by atoms with Gasteiger partial charge in [-0.25, -0.2) is 4.79 Å². The van der Waals surface area contributed by atoms with Gasteiger partial charge in [-0.2, -0.15) is 8.78 Å². The Balaban J connectivity index is 2.14. The molecular weight excluding hydrogens is 378 g/mol. The van der Waals surface area contributed by atoms with Crippen LogP contribution in [0.25, 0.3) is 10.9 Å². The topological polar surface area (TPSA) is 101 Å². The highest BCUT2D eigenvalue weighted by Gasteiger charge is 2.43. The zero-order chi connectivity index (χ0) is 20.2. The number of esters is 1. The first kappa shape index (κ1) is 18.3. The molecule has 1 aliphatic heterocycles. The number of hydrogen-bond donors (Lipinski definition) is 0. The van der Waals surface area contributed by atoms with E-state index in [1.54, 1.807) is 6.92 Å². The van der Waals surface area contributed by atoms with Crippen molar-refractivity contribution in [3.05, 3.63) is 43.7 Å². The van der Waals surface area contributed by atoms with Crippen LogP contribution in [0.5, 0.6) is 5.75 Å². The highest BCUT2D eigenvalue weighted by atomic mass is 19.2. The molecule has 0 bridgehead atoms. The molecule has 0 saturated heterocycles. The van der Waals surface area contributed by atoms with E-state index in [1.165, 1.54) is 10.8 Å². The predicted molar refractivity (Wildman–Crippen MR) is 92.5 cm³/mol. The average molecular weight is 394 g/mol. The maximum atomic E-state index is 14.6. The van der Waals surface area contributed by atoms with Crippen LogP contribution in [0.2, 0.25) is 0 Å². The van der Waals surface area contributed by atoms with E-state index in [0.29, 0.717) is 0 Å². The average Bonchev–Trinajstić information content (AvgIpc) is 2.79. The van der Waals surface area contributed by atoms with Crippen LogP contribution in [-0.4, -0.2) is 28.7 Å². The van der Waals surface area contributed by atoms with Gasteiger partial charge in [0.2, 0.25) is 17.1 Å². The maximum absolute atomic E-state index is 14.6. The molecule has 2 aromatic rings. The summed E-state index contributed by atoms with van der Waals surface area (Å²) in [4.78, 5) is 35.4. The van der Waals surface area contributed by atoms with Crippen LogP contribution < -0.4 is 10.2 Å². The number of rotatable bonds is 3. The number of aromatic nitrogens is 1. The number of nitro groups is 1. The molecule has 1 saturated carbocycles. The molecule has 2 aliphatic rings. The fourth-order valence-electron chi connectivity index (χ4n) is 3.94. The van der Waals surface area contributed by atoms with E-state index in [9.17, 15) is 28.5 Å². The summed E-state index contributed by atoms with van der Waals surface area (Å²) in [6.07, 6.45) is 3.64. The van der Waals surface area contributed by atoms with Gasteiger partial charge in [-0.3, -0.25) is 14.9 Å². The molecule has 2 heterocycles. The largest absolute Gasteiger partial charge is 0.488 e. The van der Waals surface area contributed by atoms with Crippen LogP contribution in [0.1, 0.15) is 36.5 Å². The van der Waals surface area contributed by atoms with Gasteiger partial charge in [0.15, 0.2) is 5.75 Å². The summed E-state index contributed by atoms with van der Waals surface area (Å²) in [6, 6.07) is 0. The Morgan fingerprint density at radius 3 is 2.68 bits per heavy atom. The molecule has 8 nitrogen and oxygen atoms in total. The Morgan fingerprint density at radius 2 is 2.11 bits per heavy atom. The van der Waals surface area contributed by atoms with Crippen molar-refractivity contribution in [1.29, 1.82) is 0 Å². The van der Waals surface area contributed by atoms with Crippen LogP contribution in [0.4, 0.5) is 14.5 Å². The second kappa shape index (κ2) is 6.25. The van der Waals surface area contributed by atoms with Gasteiger partial charge in [-0.05, 0) is 19.8 Å². The maximum Gasteiger partial charge on any atom is 0.343 e. The number of benzene rings is 1. The van der Waals surface area contributed by atoms with Gasteiger partial charge in [-0.1, -0.05) is 6.42 Å². The van der Waals surface area contributed by atoms with Crippen molar-refractivity contribution in [2.75, 3.05) is 13.2 Å². The van der Waals surface area contributed by atoms with Gasteiger partial charge >= 0.3 is 11.7 Å². The zero-order valence-corrected chi connectivity index (χ0v) is 14.9. The second-order valence-electron chi connectivity index (χ2n) is 7.15. The summed E-state index contributed by atoms with van der Waals surface area (Å²) in [7, 11) is 0. The number of ether oxygens (including phenoxy) is 2. The Kier molecular flexibility index (Phi) is 4.09. The Morgan fingerprint density at radius 1 is 1.39 bits per heavy atom. The lowest BCUT2D eigenvalue weighted by Crippen LogP contribution is -2.38. The fraction of sp³-hybridized carbons (Fsp3) is 0.444. The number of carbonyl (C=O) groups is 1. The third-order valence-electron chi connectivity index (χ3n) is 5.45. The monoisotopic (exact) mass is 394 g/mol. The van der Waals surface area contributed by atoms with Crippen molar-refractivity contribution in [3.8, 4) is 5.75 Å². The summed E-state index contributed by atoms with van der Waals surface area (Å²) in [5.74, 6) is -4.84. The van der Waals surface area contributed by atoms with E-state index in [0.717, 1.165) is 19.3 Å². The first-order valence-electron chi connectivity index (χ1n) is 8.82. The third kappa shape index (κ3) is 2.47. The molecule has 1 aromatic carbocycles. The molecule has 0 unspecified atom stereocenters. The standard InChI is InChI=1S/C18H16F2N2O6/c1-2-27-17(24)9-6-21-7-18(4-3-5-18)8-28-16-12(20)11(19)13(22(25)26)10(14(16)21)15(9)23/h6H,2-5,7-8H2,1H3. The summed E-state index contributed by atoms with van der Waals surface area (Å²) in [5, 5.41) is 10.8. The number of nitro benzene ring substituents is 1. The molecule has 148 valence electrons. The molecule has 1 aliphatic carbocycles. The van der Waals surface area contributed by atoms with Crippen molar-refractivity contribution in [1.82, 2.24) is 4.57 Å². The number of hydrogen-bond acceptors (Lipinski definition) is 6. The molecular formula is C18H16F2N2O6. The lowest BCUT2D eigenvalue weighted by molar-refractivity contribution is -0.386. The Bertz CT molecular complexity index is 1090. The van der Waals surface area contributed by atoms with E-state index in [-0.39, 0.29) is 30.7 Å². The van der Waals surface area contributed by atoms with E-state index < -0.39 is 50.3 Å². The molecule has 28 heavy (non-hydrogen) atoms. The minimum atomic E-state index is -1.79. The molecule has 0 amide bonds. The van der Waals surface area contributed by atoms with Crippen molar-refractivity contribution in [2.24, 2.45) is 5.41 Å². The number of halogens is 2.